The molecule has 4 heteroatoms. The van der Waals surface area contributed by atoms with Crippen LogP contribution >= 0.6 is 0 Å². The average molecular weight is 237 g/mol. The summed E-state index contributed by atoms with van der Waals surface area (Å²) >= 11 is 0. The molecule has 1 N–H and O–H groups in total. The molecule has 0 aliphatic heterocycles. The van der Waals surface area contributed by atoms with Gasteiger partial charge in [0.2, 0.25) is 0 Å². The highest BCUT2D eigenvalue weighted by Crippen LogP contribution is 2.20. The van der Waals surface area contributed by atoms with Crippen molar-refractivity contribution in [2.24, 2.45) is 0 Å². The minimum Gasteiger partial charge on any atom is -0.478 e. The molecule has 3 nitrogen and oxygen atoms in total. The van der Waals surface area contributed by atoms with Crippen molar-refractivity contribution in [3.63, 3.8) is 0 Å². The van der Waals surface area contributed by atoms with E-state index in [0.717, 1.165) is 0 Å². The van der Waals surface area contributed by atoms with E-state index in [1.165, 1.54) is 12.1 Å². The number of hydrogen-bond donors (Lipinski definition) is 1. The number of halogens is 1. The summed E-state index contributed by atoms with van der Waals surface area (Å²) in [4.78, 5) is 12.6. The summed E-state index contributed by atoms with van der Waals surface area (Å²) in [6.45, 7) is 8.19. The van der Waals surface area contributed by atoms with Crippen molar-refractivity contribution >= 4 is 11.7 Å². The number of carboxylic acid groups (broad SMARTS) is 1. The third kappa shape index (κ3) is 3.06. The van der Waals surface area contributed by atoms with Crippen LogP contribution in [0.4, 0.5) is 10.1 Å². The summed E-state index contributed by atoms with van der Waals surface area (Å²) in [7, 11) is 0. The smallest absolute Gasteiger partial charge is 0.338 e. The van der Waals surface area contributed by atoms with Crippen molar-refractivity contribution in [3.05, 3.63) is 42.2 Å². The van der Waals surface area contributed by atoms with Gasteiger partial charge in [-0.25, -0.2) is 9.18 Å². The summed E-state index contributed by atoms with van der Waals surface area (Å²) in [6, 6.07) is 4.32. The molecule has 1 aromatic rings. The van der Waals surface area contributed by atoms with Gasteiger partial charge in [0, 0.05) is 18.3 Å². The molecule has 1 aromatic carbocycles. The minimum absolute atomic E-state index is 0.183. The Labute approximate surface area is 100 Å². The Morgan fingerprint density at radius 1 is 1.59 bits per heavy atom. The molecule has 92 valence electrons. The Bertz CT molecular complexity index is 429. The Morgan fingerprint density at radius 3 is 2.65 bits per heavy atom. The van der Waals surface area contributed by atoms with Crippen molar-refractivity contribution in [1.82, 2.24) is 0 Å². The van der Waals surface area contributed by atoms with Crippen LogP contribution < -0.4 is 4.90 Å². The monoisotopic (exact) mass is 237 g/mol. The maximum Gasteiger partial charge on any atom is 0.338 e. The van der Waals surface area contributed by atoms with Crippen LogP contribution in [0, 0.1) is 5.82 Å². The number of carbonyl (C=O) groups is 1. The van der Waals surface area contributed by atoms with Gasteiger partial charge < -0.3 is 10.0 Å². The minimum atomic E-state index is -1.26. The summed E-state index contributed by atoms with van der Waals surface area (Å²) in [5, 5.41) is 8.74. The van der Waals surface area contributed by atoms with Crippen molar-refractivity contribution in [2.75, 3.05) is 11.4 Å². The van der Waals surface area contributed by atoms with Crippen LogP contribution in [0.2, 0.25) is 0 Å². The molecule has 0 spiro atoms. The van der Waals surface area contributed by atoms with Gasteiger partial charge in [-0.2, -0.15) is 0 Å². The molecular weight excluding hydrogens is 221 g/mol. The Hall–Kier alpha value is -1.84. The van der Waals surface area contributed by atoms with Crippen LogP contribution in [0.15, 0.2) is 30.9 Å². The van der Waals surface area contributed by atoms with Crippen LogP contribution in [0.5, 0.6) is 0 Å². The second-order valence-corrected chi connectivity index (χ2v) is 4.00. The summed E-state index contributed by atoms with van der Waals surface area (Å²) in [6.07, 6.45) is 1.73. The first-order valence-electron chi connectivity index (χ1n) is 5.37. The third-order valence-corrected chi connectivity index (χ3v) is 2.46. The first-order chi connectivity index (χ1) is 7.97. The molecule has 0 saturated heterocycles. The van der Waals surface area contributed by atoms with Crippen LogP contribution in [-0.2, 0) is 0 Å². The van der Waals surface area contributed by atoms with E-state index >= 15 is 0 Å². The predicted octanol–water partition coefficient (Wildman–Crippen LogP) is 2.92. The van der Waals surface area contributed by atoms with E-state index < -0.39 is 11.8 Å². The molecule has 0 aliphatic rings. The van der Waals surface area contributed by atoms with Crippen LogP contribution in [0.1, 0.15) is 24.2 Å². The Kier molecular flexibility index (Phi) is 4.26. The van der Waals surface area contributed by atoms with E-state index in [1.807, 2.05) is 18.7 Å². The lowest BCUT2D eigenvalue weighted by atomic mass is 10.1. The topological polar surface area (TPSA) is 40.5 Å². The van der Waals surface area contributed by atoms with Gasteiger partial charge >= 0.3 is 5.97 Å². The number of hydrogen-bond acceptors (Lipinski definition) is 2. The molecule has 1 rings (SSSR count). The van der Waals surface area contributed by atoms with Crippen molar-refractivity contribution in [2.45, 2.75) is 19.9 Å². The Morgan fingerprint density at radius 2 is 2.24 bits per heavy atom. The Balaban J connectivity index is 3.10. The number of rotatable bonds is 5. The molecular formula is C13H16FNO2. The first-order valence-corrected chi connectivity index (χ1v) is 5.37. The summed E-state index contributed by atoms with van der Waals surface area (Å²) in [5.74, 6) is -1.97. The highest BCUT2D eigenvalue weighted by atomic mass is 19.1. The first kappa shape index (κ1) is 13.2. The fourth-order valence-electron chi connectivity index (χ4n) is 1.61. The fraction of sp³-hybridized carbons (Fsp3) is 0.308. The van der Waals surface area contributed by atoms with Crippen molar-refractivity contribution in [3.8, 4) is 0 Å². The van der Waals surface area contributed by atoms with Gasteiger partial charge in [-0.15, -0.1) is 6.58 Å². The van der Waals surface area contributed by atoms with Crippen LogP contribution in [0.25, 0.3) is 0 Å². The number of nitrogens with zero attached hydrogens (tertiary/aromatic N) is 1. The maximum atomic E-state index is 13.5. The van der Waals surface area contributed by atoms with Crippen LogP contribution in [-0.4, -0.2) is 23.7 Å². The maximum absolute atomic E-state index is 13.5. The fourth-order valence-corrected chi connectivity index (χ4v) is 1.61. The highest BCUT2D eigenvalue weighted by molar-refractivity contribution is 5.88. The van der Waals surface area contributed by atoms with Gasteiger partial charge in [0.1, 0.15) is 5.82 Å². The second-order valence-electron chi connectivity index (χ2n) is 4.00. The SMILES string of the molecule is C=CCN(c1ccc(C(=O)O)c(F)c1)C(C)C. The number of benzene rings is 1. The summed E-state index contributed by atoms with van der Waals surface area (Å²) < 4.78 is 13.5. The van der Waals surface area contributed by atoms with E-state index in [0.29, 0.717) is 12.2 Å². The van der Waals surface area contributed by atoms with Gasteiger partial charge in [-0.1, -0.05) is 6.08 Å². The largest absolute Gasteiger partial charge is 0.478 e. The quantitative estimate of drug-likeness (QED) is 0.800. The van der Waals surface area contributed by atoms with Crippen molar-refractivity contribution < 1.29 is 14.3 Å². The molecule has 0 atom stereocenters. The molecule has 0 bridgehead atoms. The molecule has 0 saturated carbocycles. The molecule has 0 aromatic heterocycles. The third-order valence-electron chi connectivity index (χ3n) is 2.46. The lowest BCUT2D eigenvalue weighted by molar-refractivity contribution is 0.0692. The van der Waals surface area contributed by atoms with Crippen molar-refractivity contribution in [1.29, 1.82) is 0 Å². The number of aromatic carboxylic acids is 1. The van der Waals surface area contributed by atoms with E-state index in [9.17, 15) is 9.18 Å². The average Bonchev–Trinajstić information content (AvgIpc) is 2.24. The zero-order valence-electron chi connectivity index (χ0n) is 9.98. The zero-order valence-corrected chi connectivity index (χ0v) is 9.98. The van der Waals surface area contributed by atoms with Gasteiger partial charge in [-0.3, -0.25) is 0 Å². The van der Waals surface area contributed by atoms with Gasteiger partial charge in [-0.05, 0) is 32.0 Å². The lowest BCUT2D eigenvalue weighted by Gasteiger charge is -2.27. The molecule has 17 heavy (non-hydrogen) atoms. The molecule has 0 unspecified atom stereocenters. The van der Waals surface area contributed by atoms with E-state index in [1.54, 1.807) is 12.1 Å². The van der Waals surface area contributed by atoms with Gasteiger partial charge in [0.15, 0.2) is 0 Å². The van der Waals surface area contributed by atoms with E-state index in [2.05, 4.69) is 6.58 Å². The lowest BCUT2D eigenvalue weighted by Crippen LogP contribution is -2.30. The van der Waals surface area contributed by atoms with E-state index in [-0.39, 0.29) is 11.6 Å². The summed E-state index contributed by atoms with van der Waals surface area (Å²) in [5.41, 5.74) is 0.346. The zero-order chi connectivity index (χ0) is 13.0. The molecule has 0 fully saturated rings. The standard InChI is InChI=1S/C13H16FNO2/c1-4-7-15(9(2)3)10-5-6-11(13(16)17)12(14)8-10/h4-6,8-9H,1,7H2,2-3H3,(H,16,17). The molecule has 0 heterocycles. The normalized spacial score (nSPS) is 10.4. The van der Waals surface area contributed by atoms with E-state index in [4.69, 9.17) is 5.11 Å². The second kappa shape index (κ2) is 5.48. The predicted molar refractivity (Wildman–Crippen MR) is 66.0 cm³/mol. The molecule has 0 aliphatic carbocycles. The molecule has 0 radical (unpaired) electrons. The van der Waals surface area contributed by atoms with Gasteiger partial charge in [0.05, 0.1) is 5.56 Å². The van der Waals surface area contributed by atoms with Gasteiger partial charge in [0.25, 0.3) is 0 Å². The van der Waals surface area contributed by atoms with Crippen LogP contribution in [0.3, 0.4) is 0 Å². The molecule has 0 amide bonds. The highest BCUT2D eigenvalue weighted by Gasteiger charge is 2.14. The number of carboxylic acids is 1. The number of anilines is 1.